The summed E-state index contributed by atoms with van der Waals surface area (Å²) in [6.45, 7) is 4.44. The molecule has 0 fully saturated rings. The van der Waals surface area contributed by atoms with E-state index in [4.69, 9.17) is 28.4 Å². The van der Waals surface area contributed by atoms with Crippen molar-refractivity contribution in [3.63, 3.8) is 0 Å². The van der Waals surface area contributed by atoms with Gasteiger partial charge in [0.1, 0.15) is 11.5 Å². The van der Waals surface area contributed by atoms with Crippen LogP contribution in [0.15, 0.2) is 24.0 Å². The van der Waals surface area contributed by atoms with Gasteiger partial charge in [-0.2, -0.15) is 0 Å². The number of aromatic hydroxyl groups is 1. The van der Waals surface area contributed by atoms with Gasteiger partial charge in [-0.05, 0) is 42.3 Å². The predicted molar refractivity (Wildman–Crippen MR) is 131 cm³/mol. The Hall–Kier alpha value is -3.27. The number of carbonyl (C=O) groups excluding carboxylic acids is 1. The molecule has 0 aromatic heterocycles. The van der Waals surface area contributed by atoms with Gasteiger partial charge in [-0.1, -0.05) is 0 Å². The summed E-state index contributed by atoms with van der Waals surface area (Å²) >= 11 is 0. The van der Waals surface area contributed by atoms with Crippen molar-refractivity contribution in [1.82, 2.24) is 4.90 Å². The average Bonchev–Trinajstić information content (AvgIpc) is 3.18. The van der Waals surface area contributed by atoms with Crippen LogP contribution in [0.5, 0.6) is 28.7 Å². The number of phenols is 1. The predicted octanol–water partition coefficient (Wildman–Crippen LogP) is 3.44. The summed E-state index contributed by atoms with van der Waals surface area (Å²) in [5.41, 5.74) is 2.26. The first-order valence-electron chi connectivity index (χ1n) is 11.2. The van der Waals surface area contributed by atoms with Crippen LogP contribution in [0.25, 0.3) is 6.08 Å². The third-order valence-electron chi connectivity index (χ3n) is 5.81. The highest BCUT2D eigenvalue weighted by molar-refractivity contribution is 6.16. The van der Waals surface area contributed by atoms with E-state index in [0.29, 0.717) is 78.1 Å². The average molecular weight is 488 g/mol. The molecule has 9 nitrogen and oxygen atoms in total. The van der Waals surface area contributed by atoms with Crippen LogP contribution in [0, 0.1) is 6.92 Å². The lowest BCUT2D eigenvalue weighted by Gasteiger charge is -2.23. The zero-order valence-corrected chi connectivity index (χ0v) is 21.1. The van der Waals surface area contributed by atoms with Crippen LogP contribution in [-0.2, 0) is 16.0 Å². The standard InChI is InChI=1S/C26H33NO8/c1-16-11-19(28)18(15-27(7-9-30-2)8-10-31-3)25-23(16)24(29)20(35-25)12-17-13-21(32-4)26(34-6)22(14-17)33-5/h11-14,28H,7-10,15H2,1-6H3/b20-12+. The summed E-state index contributed by atoms with van der Waals surface area (Å²) in [5, 5.41) is 10.8. The van der Waals surface area contributed by atoms with Gasteiger partial charge in [-0.3, -0.25) is 9.69 Å². The lowest BCUT2D eigenvalue weighted by molar-refractivity contribution is 0.101. The van der Waals surface area contributed by atoms with Crippen molar-refractivity contribution in [1.29, 1.82) is 0 Å². The van der Waals surface area contributed by atoms with E-state index in [1.807, 2.05) is 0 Å². The highest BCUT2D eigenvalue weighted by atomic mass is 16.5. The van der Waals surface area contributed by atoms with Crippen molar-refractivity contribution in [2.45, 2.75) is 13.5 Å². The lowest BCUT2D eigenvalue weighted by Crippen LogP contribution is -2.30. The summed E-state index contributed by atoms with van der Waals surface area (Å²) in [6.07, 6.45) is 1.63. The zero-order valence-electron chi connectivity index (χ0n) is 21.1. The Kier molecular flexibility index (Phi) is 8.97. The number of hydrogen-bond acceptors (Lipinski definition) is 9. The van der Waals surface area contributed by atoms with E-state index in [0.717, 1.165) is 0 Å². The summed E-state index contributed by atoms with van der Waals surface area (Å²) in [4.78, 5) is 15.4. The third kappa shape index (κ3) is 5.70. The second-order valence-electron chi connectivity index (χ2n) is 8.06. The Bertz CT molecular complexity index is 1060. The number of rotatable bonds is 12. The van der Waals surface area contributed by atoms with Gasteiger partial charge in [0.2, 0.25) is 11.5 Å². The van der Waals surface area contributed by atoms with Crippen molar-refractivity contribution >= 4 is 11.9 Å². The van der Waals surface area contributed by atoms with Crippen LogP contribution in [0.1, 0.15) is 27.0 Å². The van der Waals surface area contributed by atoms with Crippen molar-refractivity contribution in [2.24, 2.45) is 0 Å². The fourth-order valence-electron chi connectivity index (χ4n) is 4.00. The molecule has 1 N–H and O–H groups in total. The first kappa shape index (κ1) is 26.3. The van der Waals surface area contributed by atoms with Gasteiger partial charge >= 0.3 is 0 Å². The molecule has 190 valence electrons. The van der Waals surface area contributed by atoms with Crippen LogP contribution in [0.4, 0.5) is 0 Å². The third-order valence-corrected chi connectivity index (χ3v) is 5.81. The summed E-state index contributed by atoms with van der Waals surface area (Å²) < 4.78 is 32.7. The topological polar surface area (TPSA) is 95.9 Å². The van der Waals surface area contributed by atoms with Crippen LogP contribution in [-0.4, -0.2) is 77.6 Å². The monoisotopic (exact) mass is 487 g/mol. The maximum atomic E-state index is 13.3. The summed E-state index contributed by atoms with van der Waals surface area (Å²) in [5.74, 6) is 1.70. The van der Waals surface area contributed by atoms with Gasteiger partial charge in [0.05, 0.1) is 45.7 Å². The number of allylic oxidation sites excluding steroid dienone is 1. The molecule has 0 spiro atoms. The summed E-state index contributed by atoms with van der Waals surface area (Å²) in [7, 11) is 7.85. The minimum Gasteiger partial charge on any atom is -0.507 e. The molecule has 0 radical (unpaired) electrons. The molecule has 3 rings (SSSR count). The van der Waals surface area contributed by atoms with E-state index in [1.165, 1.54) is 21.3 Å². The van der Waals surface area contributed by atoms with Gasteiger partial charge in [-0.25, -0.2) is 0 Å². The molecular weight excluding hydrogens is 454 g/mol. The molecule has 1 heterocycles. The number of ketones is 1. The smallest absolute Gasteiger partial charge is 0.232 e. The van der Waals surface area contributed by atoms with Crippen molar-refractivity contribution in [2.75, 3.05) is 61.9 Å². The Morgan fingerprint density at radius 3 is 2.06 bits per heavy atom. The van der Waals surface area contributed by atoms with Crippen LogP contribution < -0.4 is 18.9 Å². The molecular formula is C26H33NO8. The maximum absolute atomic E-state index is 13.3. The second kappa shape index (κ2) is 11.9. The van der Waals surface area contributed by atoms with Crippen LogP contribution >= 0.6 is 0 Å². The fourth-order valence-corrected chi connectivity index (χ4v) is 4.00. The molecule has 0 unspecified atom stereocenters. The van der Waals surface area contributed by atoms with E-state index in [9.17, 15) is 9.90 Å². The Balaban J connectivity index is 2.00. The van der Waals surface area contributed by atoms with Gasteiger partial charge in [0.25, 0.3) is 0 Å². The fraction of sp³-hybridized carbons (Fsp3) is 0.423. The van der Waals surface area contributed by atoms with E-state index >= 15 is 0 Å². The number of Topliss-reactive ketones (excluding diaryl/α,β-unsaturated/α-hetero) is 1. The molecule has 0 saturated heterocycles. The first-order chi connectivity index (χ1) is 16.9. The zero-order chi connectivity index (χ0) is 25.5. The molecule has 0 amide bonds. The number of aryl methyl sites for hydroxylation is 1. The lowest BCUT2D eigenvalue weighted by atomic mass is 9.99. The first-order valence-corrected chi connectivity index (χ1v) is 11.2. The largest absolute Gasteiger partial charge is 0.507 e. The van der Waals surface area contributed by atoms with Crippen molar-refractivity contribution in [3.8, 4) is 28.7 Å². The Labute approximate surface area is 205 Å². The van der Waals surface area contributed by atoms with Gasteiger partial charge in [0, 0.05) is 33.9 Å². The molecule has 0 aliphatic carbocycles. The highest BCUT2D eigenvalue weighted by Gasteiger charge is 2.34. The minimum absolute atomic E-state index is 0.0721. The van der Waals surface area contributed by atoms with E-state index < -0.39 is 0 Å². The number of hydrogen-bond donors (Lipinski definition) is 1. The molecule has 9 heteroatoms. The van der Waals surface area contributed by atoms with E-state index in [2.05, 4.69) is 4.90 Å². The van der Waals surface area contributed by atoms with Gasteiger partial charge in [-0.15, -0.1) is 0 Å². The number of carbonyl (C=O) groups is 1. The van der Waals surface area contributed by atoms with Crippen molar-refractivity contribution < 1.29 is 38.3 Å². The Morgan fingerprint density at radius 2 is 1.54 bits per heavy atom. The molecule has 0 saturated carbocycles. The minimum atomic E-state index is -0.257. The van der Waals surface area contributed by atoms with Crippen molar-refractivity contribution in [3.05, 3.63) is 46.2 Å². The SMILES string of the molecule is COCCN(CCOC)Cc1c(O)cc(C)c2c1O/C(=C/c1cc(OC)c(OC)c(OC)c1)C2=O. The van der Waals surface area contributed by atoms with E-state index in [1.54, 1.807) is 45.4 Å². The van der Waals surface area contributed by atoms with Crippen LogP contribution in [0.3, 0.4) is 0 Å². The maximum Gasteiger partial charge on any atom is 0.232 e. The second-order valence-corrected chi connectivity index (χ2v) is 8.06. The normalized spacial score (nSPS) is 13.8. The van der Waals surface area contributed by atoms with Gasteiger partial charge < -0.3 is 33.5 Å². The molecule has 2 aromatic rings. The molecule has 2 aromatic carbocycles. The Morgan fingerprint density at radius 1 is 0.943 bits per heavy atom. The number of methoxy groups -OCH3 is 5. The quantitative estimate of drug-likeness (QED) is 0.452. The molecule has 0 bridgehead atoms. The molecule has 0 atom stereocenters. The van der Waals surface area contributed by atoms with Crippen LogP contribution in [0.2, 0.25) is 0 Å². The number of fused-ring (bicyclic) bond motifs is 1. The number of benzene rings is 2. The highest BCUT2D eigenvalue weighted by Crippen LogP contribution is 2.43. The molecule has 1 aliphatic rings. The molecule has 1 aliphatic heterocycles. The van der Waals surface area contributed by atoms with E-state index in [-0.39, 0.29) is 17.3 Å². The molecule has 35 heavy (non-hydrogen) atoms. The number of nitrogens with zero attached hydrogens (tertiary/aromatic N) is 1. The number of ether oxygens (including phenoxy) is 6. The number of phenolic OH excluding ortho intramolecular Hbond substituents is 1. The van der Waals surface area contributed by atoms with Gasteiger partial charge in [0.15, 0.2) is 17.3 Å². The summed E-state index contributed by atoms with van der Waals surface area (Å²) in [6, 6.07) is 5.07.